The van der Waals surface area contributed by atoms with Crippen LogP contribution in [0.3, 0.4) is 0 Å². The summed E-state index contributed by atoms with van der Waals surface area (Å²) < 4.78 is 38.4. The minimum atomic E-state index is -4.36. The summed E-state index contributed by atoms with van der Waals surface area (Å²) in [5.74, 6) is 0.00848. The summed E-state index contributed by atoms with van der Waals surface area (Å²) in [5, 5.41) is 3.24. The lowest BCUT2D eigenvalue weighted by atomic mass is 10.0. The number of alkyl halides is 3. The van der Waals surface area contributed by atoms with E-state index >= 15 is 0 Å². The molecule has 132 valence electrons. The predicted octanol–water partition coefficient (Wildman–Crippen LogP) is 2.27. The van der Waals surface area contributed by atoms with Gasteiger partial charge in [0.25, 0.3) is 0 Å². The Morgan fingerprint density at radius 3 is 2.12 bits per heavy atom. The first-order valence-corrected chi connectivity index (χ1v) is 8.37. The minimum absolute atomic E-state index is 0.00848. The number of rotatable bonds is 3. The number of carbonyl (C=O) groups is 1. The number of nitrogens with zero attached hydrogens (tertiary/aromatic N) is 2. The van der Waals surface area contributed by atoms with Gasteiger partial charge in [-0.15, -0.1) is 0 Å². The second-order valence-electron chi connectivity index (χ2n) is 6.34. The summed E-state index contributed by atoms with van der Waals surface area (Å²) in [7, 11) is 0. The Hall–Kier alpha value is -1.60. The van der Waals surface area contributed by atoms with Gasteiger partial charge in [-0.3, -0.25) is 9.69 Å². The van der Waals surface area contributed by atoms with Crippen molar-refractivity contribution < 1.29 is 18.0 Å². The van der Waals surface area contributed by atoms with E-state index in [0.717, 1.165) is 51.2 Å². The quantitative estimate of drug-likeness (QED) is 0.916. The van der Waals surface area contributed by atoms with E-state index in [-0.39, 0.29) is 5.91 Å². The van der Waals surface area contributed by atoms with Crippen molar-refractivity contribution in [2.75, 3.05) is 39.3 Å². The second kappa shape index (κ2) is 7.11. The van der Waals surface area contributed by atoms with Crippen LogP contribution in [-0.4, -0.2) is 55.0 Å². The van der Waals surface area contributed by atoms with Crippen LogP contribution >= 0.6 is 0 Å². The topological polar surface area (TPSA) is 35.6 Å². The molecule has 0 bridgehead atoms. The van der Waals surface area contributed by atoms with Crippen LogP contribution in [0, 0.1) is 0 Å². The molecule has 2 fully saturated rings. The summed E-state index contributed by atoms with van der Waals surface area (Å²) in [6.45, 7) is 4.47. The average Bonchev–Trinajstić information content (AvgIpc) is 3.10. The van der Waals surface area contributed by atoms with E-state index in [1.54, 1.807) is 0 Å². The van der Waals surface area contributed by atoms with Gasteiger partial charge in [0.15, 0.2) is 0 Å². The number of carbonyl (C=O) groups excluding carboxylic acids is 1. The van der Waals surface area contributed by atoms with E-state index in [1.807, 2.05) is 4.90 Å². The van der Waals surface area contributed by atoms with Crippen molar-refractivity contribution in [1.29, 1.82) is 0 Å². The van der Waals surface area contributed by atoms with E-state index in [2.05, 4.69) is 10.2 Å². The molecule has 1 aromatic carbocycles. The molecule has 0 saturated carbocycles. The second-order valence-corrected chi connectivity index (χ2v) is 6.34. The number of nitrogens with one attached hydrogen (secondary N) is 1. The standard InChI is InChI=1S/C17H22F3N3O/c18-17(19,20)14-5-3-13(4-6-14)15(22-11-7-21-8-12-22)16(24)23-9-1-2-10-23/h3-6,15,21H,1-2,7-12H2. The van der Waals surface area contributed by atoms with Gasteiger partial charge in [-0.05, 0) is 30.5 Å². The Balaban J connectivity index is 1.86. The smallest absolute Gasteiger partial charge is 0.341 e. The molecule has 0 spiro atoms. The van der Waals surface area contributed by atoms with Gasteiger partial charge in [0.1, 0.15) is 6.04 Å². The van der Waals surface area contributed by atoms with Gasteiger partial charge < -0.3 is 10.2 Å². The third-order valence-corrected chi connectivity index (χ3v) is 4.72. The van der Waals surface area contributed by atoms with Gasteiger partial charge in [0.2, 0.25) is 5.91 Å². The average molecular weight is 341 g/mol. The van der Waals surface area contributed by atoms with Gasteiger partial charge in [-0.25, -0.2) is 0 Å². The fraction of sp³-hybridized carbons (Fsp3) is 0.588. The lowest BCUT2D eigenvalue weighted by molar-refractivity contribution is -0.137. The molecule has 2 heterocycles. The minimum Gasteiger partial charge on any atom is -0.341 e. The Labute approximate surface area is 139 Å². The Morgan fingerprint density at radius 1 is 1.00 bits per heavy atom. The van der Waals surface area contributed by atoms with Crippen LogP contribution in [0.15, 0.2) is 24.3 Å². The van der Waals surface area contributed by atoms with Crippen molar-refractivity contribution in [2.24, 2.45) is 0 Å². The lowest BCUT2D eigenvalue weighted by Gasteiger charge is -2.36. The van der Waals surface area contributed by atoms with Crippen molar-refractivity contribution >= 4 is 5.91 Å². The van der Waals surface area contributed by atoms with E-state index in [1.165, 1.54) is 12.1 Å². The maximum atomic E-state index is 13.0. The van der Waals surface area contributed by atoms with Crippen LogP contribution in [0.2, 0.25) is 0 Å². The molecule has 3 rings (SSSR count). The predicted molar refractivity (Wildman–Crippen MR) is 84.4 cm³/mol. The molecule has 1 atom stereocenters. The number of likely N-dealkylation sites (tertiary alicyclic amines) is 1. The third kappa shape index (κ3) is 3.72. The number of hydrogen-bond donors (Lipinski definition) is 1. The van der Waals surface area contributed by atoms with E-state index < -0.39 is 17.8 Å². The molecule has 1 unspecified atom stereocenters. The molecule has 2 saturated heterocycles. The first kappa shape index (κ1) is 17.2. The number of amides is 1. The molecule has 0 aromatic heterocycles. The van der Waals surface area contributed by atoms with E-state index in [9.17, 15) is 18.0 Å². The number of benzene rings is 1. The zero-order valence-corrected chi connectivity index (χ0v) is 13.5. The largest absolute Gasteiger partial charge is 0.416 e. The molecule has 7 heteroatoms. The van der Waals surface area contributed by atoms with Crippen molar-refractivity contribution in [2.45, 2.75) is 25.1 Å². The summed E-state index contributed by atoms with van der Waals surface area (Å²) in [6, 6.07) is 4.55. The summed E-state index contributed by atoms with van der Waals surface area (Å²) in [5.41, 5.74) is -0.0410. The summed E-state index contributed by atoms with van der Waals surface area (Å²) >= 11 is 0. The van der Waals surface area contributed by atoms with Gasteiger partial charge in [-0.1, -0.05) is 12.1 Å². The van der Waals surface area contributed by atoms with Crippen LogP contribution in [0.5, 0.6) is 0 Å². The van der Waals surface area contributed by atoms with Crippen molar-refractivity contribution in [3.8, 4) is 0 Å². The molecule has 4 nitrogen and oxygen atoms in total. The Bertz CT molecular complexity index is 561. The zero-order chi connectivity index (χ0) is 17.2. The molecule has 1 N–H and O–H groups in total. The Morgan fingerprint density at radius 2 is 1.58 bits per heavy atom. The molecule has 0 radical (unpaired) electrons. The molecule has 0 aliphatic carbocycles. The van der Waals surface area contributed by atoms with Gasteiger partial charge >= 0.3 is 6.18 Å². The lowest BCUT2D eigenvalue weighted by Crippen LogP contribution is -2.49. The molecule has 1 amide bonds. The van der Waals surface area contributed by atoms with Crippen LogP contribution < -0.4 is 5.32 Å². The first-order chi connectivity index (χ1) is 11.5. The molecule has 1 aromatic rings. The molecule has 24 heavy (non-hydrogen) atoms. The Kier molecular flexibility index (Phi) is 5.10. The number of hydrogen-bond acceptors (Lipinski definition) is 3. The van der Waals surface area contributed by atoms with Crippen LogP contribution in [0.1, 0.15) is 30.0 Å². The van der Waals surface area contributed by atoms with Gasteiger partial charge in [0, 0.05) is 39.3 Å². The van der Waals surface area contributed by atoms with E-state index in [0.29, 0.717) is 18.7 Å². The zero-order valence-electron chi connectivity index (χ0n) is 13.5. The first-order valence-electron chi connectivity index (χ1n) is 8.37. The van der Waals surface area contributed by atoms with E-state index in [4.69, 9.17) is 0 Å². The highest BCUT2D eigenvalue weighted by Crippen LogP contribution is 2.32. The van der Waals surface area contributed by atoms with Crippen LogP contribution in [0.4, 0.5) is 13.2 Å². The van der Waals surface area contributed by atoms with Gasteiger partial charge in [-0.2, -0.15) is 13.2 Å². The van der Waals surface area contributed by atoms with Crippen LogP contribution in [0.25, 0.3) is 0 Å². The SMILES string of the molecule is O=C(C(c1ccc(C(F)(F)F)cc1)N1CCNCC1)N1CCCC1. The summed E-state index contributed by atoms with van der Waals surface area (Å²) in [6.07, 6.45) is -2.37. The normalized spacial score (nSPS) is 21.0. The van der Waals surface area contributed by atoms with Crippen molar-refractivity contribution in [1.82, 2.24) is 15.1 Å². The highest BCUT2D eigenvalue weighted by molar-refractivity contribution is 5.83. The molecular weight excluding hydrogens is 319 g/mol. The highest BCUT2D eigenvalue weighted by Gasteiger charge is 2.34. The maximum Gasteiger partial charge on any atom is 0.416 e. The van der Waals surface area contributed by atoms with Gasteiger partial charge in [0.05, 0.1) is 5.56 Å². The fourth-order valence-electron chi connectivity index (χ4n) is 3.41. The third-order valence-electron chi connectivity index (χ3n) is 4.72. The van der Waals surface area contributed by atoms with Crippen molar-refractivity contribution in [3.63, 3.8) is 0 Å². The molecule has 2 aliphatic heterocycles. The number of piperazine rings is 1. The van der Waals surface area contributed by atoms with Crippen LogP contribution in [-0.2, 0) is 11.0 Å². The molecular formula is C17H22F3N3O. The maximum absolute atomic E-state index is 13.0. The van der Waals surface area contributed by atoms with Crippen molar-refractivity contribution in [3.05, 3.63) is 35.4 Å². The fourth-order valence-corrected chi connectivity index (χ4v) is 3.41. The highest BCUT2D eigenvalue weighted by atomic mass is 19.4. The number of halogens is 3. The molecule has 2 aliphatic rings. The summed E-state index contributed by atoms with van der Waals surface area (Å²) in [4.78, 5) is 16.9. The monoisotopic (exact) mass is 341 g/mol.